The van der Waals surface area contributed by atoms with Gasteiger partial charge < -0.3 is 20.7 Å². The van der Waals surface area contributed by atoms with Gasteiger partial charge in [-0.15, -0.1) is 0 Å². The molecule has 0 unspecified atom stereocenters. The number of ether oxygens (including phenoxy) is 1. The molecule has 0 radical (unpaired) electrons. The van der Waals surface area contributed by atoms with Crippen molar-refractivity contribution in [1.29, 1.82) is 0 Å². The van der Waals surface area contributed by atoms with E-state index >= 15 is 0 Å². The van der Waals surface area contributed by atoms with Crippen molar-refractivity contribution in [2.75, 3.05) is 20.1 Å². The Bertz CT molecular complexity index is 886. The quantitative estimate of drug-likeness (QED) is 0.356. The number of rotatable bonds is 8. The molecule has 2 fully saturated rings. The van der Waals surface area contributed by atoms with Gasteiger partial charge in [0.2, 0.25) is 0 Å². The lowest BCUT2D eigenvalue weighted by Crippen LogP contribution is -2.63. The van der Waals surface area contributed by atoms with Gasteiger partial charge >= 0.3 is 5.97 Å². The Kier molecular flexibility index (Phi) is 8.64. The average Bonchev–Trinajstić information content (AvgIpc) is 2.70. The molecule has 2 saturated heterocycles. The molecule has 36 heavy (non-hydrogen) atoms. The first kappa shape index (κ1) is 28.7. The molecule has 2 aliphatic rings. The Labute approximate surface area is 219 Å². The second-order valence-electron chi connectivity index (χ2n) is 13.4. The fourth-order valence-electron chi connectivity index (χ4n) is 6.92. The zero-order valence-electron chi connectivity index (χ0n) is 24.1. The number of nitrogens with one attached hydrogen (secondary N) is 3. The van der Waals surface area contributed by atoms with Crippen LogP contribution in [0, 0.1) is 0 Å². The summed E-state index contributed by atoms with van der Waals surface area (Å²) in [5.41, 5.74) is 1.76. The number of hydrogen-bond donors (Lipinski definition) is 3. The molecule has 1 aromatic carbocycles. The average molecular weight is 499 g/mol. The number of carbonyl (C=O) groups is 1. The summed E-state index contributed by atoms with van der Waals surface area (Å²) >= 11 is 0. The van der Waals surface area contributed by atoms with Crippen LogP contribution in [0.4, 0.5) is 0 Å². The van der Waals surface area contributed by atoms with Crippen LogP contribution in [0.1, 0.15) is 86.6 Å². The summed E-state index contributed by atoms with van der Waals surface area (Å²) in [6.45, 7) is 19.9. The van der Waals surface area contributed by atoms with E-state index in [1.165, 1.54) is 0 Å². The van der Waals surface area contributed by atoms with Crippen LogP contribution >= 0.6 is 0 Å². The van der Waals surface area contributed by atoms with E-state index in [1.807, 2.05) is 25.2 Å². The standard InChI is InChI=1S/C30H50N4O2/c1-27(2)18-23(19-28(3,4)33-27)32-25(22-13-11-10-12-14-22)17-26(35)36-24-20-29(5,6)34(16-15-31-9)30(7,8)21-24/h10-14,17,23-24,31-33H,15-16,18-21H2,1-9H3/b25-17-. The third-order valence-corrected chi connectivity index (χ3v) is 7.68. The lowest BCUT2D eigenvalue weighted by molar-refractivity contribution is -0.154. The summed E-state index contributed by atoms with van der Waals surface area (Å²) in [6.07, 6.45) is 5.16. The van der Waals surface area contributed by atoms with Crippen molar-refractivity contribution in [3.63, 3.8) is 0 Å². The number of hydrogen-bond acceptors (Lipinski definition) is 6. The van der Waals surface area contributed by atoms with Crippen LogP contribution in [0.25, 0.3) is 5.70 Å². The van der Waals surface area contributed by atoms with E-state index in [2.05, 4.69) is 88.4 Å². The van der Waals surface area contributed by atoms with Crippen LogP contribution in [-0.4, -0.2) is 65.3 Å². The van der Waals surface area contributed by atoms with Gasteiger partial charge in [-0.1, -0.05) is 30.3 Å². The van der Waals surface area contributed by atoms with E-state index < -0.39 is 0 Å². The maximum atomic E-state index is 13.3. The molecule has 6 nitrogen and oxygen atoms in total. The smallest absolute Gasteiger partial charge is 0.333 e. The molecule has 1 aromatic rings. The van der Waals surface area contributed by atoms with Crippen LogP contribution in [0.5, 0.6) is 0 Å². The normalized spacial score (nSPS) is 24.3. The van der Waals surface area contributed by atoms with E-state index in [-0.39, 0.29) is 40.3 Å². The van der Waals surface area contributed by atoms with E-state index in [9.17, 15) is 4.79 Å². The summed E-state index contributed by atoms with van der Waals surface area (Å²) in [5, 5.41) is 10.7. The zero-order valence-corrected chi connectivity index (χ0v) is 24.1. The predicted molar refractivity (Wildman–Crippen MR) is 150 cm³/mol. The van der Waals surface area contributed by atoms with E-state index in [0.717, 1.165) is 50.0 Å². The van der Waals surface area contributed by atoms with Gasteiger partial charge in [0, 0.05) is 65.9 Å². The SMILES string of the molecule is CNCCN1C(C)(C)CC(OC(=O)/C=C(\NC2CC(C)(C)NC(C)(C)C2)c2ccccc2)CC1(C)C. The summed E-state index contributed by atoms with van der Waals surface area (Å²) in [7, 11) is 1.99. The molecule has 0 aliphatic carbocycles. The van der Waals surface area contributed by atoms with Crippen molar-refractivity contribution in [2.24, 2.45) is 0 Å². The van der Waals surface area contributed by atoms with Gasteiger partial charge in [0.25, 0.3) is 0 Å². The summed E-state index contributed by atoms with van der Waals surface area (Å²) < 4.78 is 6.13. The van der Waals surface area contributed by atoms with E-state index in [1.54, 1.807) is 6.08 Å². The van der Waals surface area contributed by atoms with Crippen molar-refractivity contribution in [2.45, 2.75) is 115 Å². The highest BCUT2D eigenvalue weighted by molar-refractivity contribution is 5.91. The molecule has 0 bridgehead atoms. The Balaban J connectivity index is 1.78. The van der Waals surface area contributed by atoms with Gasteiger partial charge in [-0.2, -0.15) is 0 Å². The van der Waals surface area contributed by atoms with Crippen molar-refractivity contribution in [3.8, 4) is 0 Å². The van der Waals surface area contributed by atoms with E-state index in [0.29, 0.717) is 0 Å². The fraction of sp³-hybridized carbons (Fsp3) is 0.700. The minimum absolute atomic E-state index is 0.0140. The Hall–Kier alpha value is -1.89. The highest BCUT2D eigenvalue weighted by Gasteiger charge is 2.46. The maximum absolute atomic E-state index is 13.3. The molecule has 2 aliphatic heterocycles. The molecular formula is C30H50N4O2. The molecule has 0 aromatic heterocycles. The third kappa shape index (κ3) is 7.56. The molecule has 0 saturated carbocycles. The van der Waals surface area contributed by atoms with Gasteiger partial charge in [-0.05, 0) is 80.8 Å². The second-order valence-corrected chi connectivity index (χ2v) is 13.4. The van der Waals surface area contributed by atoms with Gasteiger partial charge in [0.15, 0.2) is 0 Å². The minimum Gasteiger partial charge on any atom is -0.459 e. The fourth-order valence-corrected chi connectivity index (χ4v) is 6.92. The van der Waals surface area contributed by atoms with Crippen LogP contribution in [0.2, 0.25) is 0 Å². The van der Waals surface area contributed by atoms with Crippen LogP contribution in [0.15, 0.2) is 36.4 Å². The Morgan fingerprint density at radius 3 is 2.06 bits per heavy atom. The van der Waals surface area contributed by atoms with Gasteiger partial charge in [0.1, 0.15) is 6.10 Å². The van der Waals surface area contributed by atoms with Crippen molar-refractivity contribution in [3.05, 3.63) is 42.0 Å². The lowest BCUT2D eigenvalue weighted by Gasteiger charge is -2.55. The monoisotopic (exact) mass is 498 g/mol. The largest absolute Gasteiger partial charge is 0.459 e. The van der Waals surface area contributed by atoms with Crippen molar-refractivity contribution >= 4 is 11.7 Å². The molecular weight excluding hydrogens is 448 g/mol. The van der Waals surface area contributed by atoms with Crippen molar-refractivity contribution < 1.29 is 9.53 Å². The highest BCUT2D eigenvalue weighted by atomic mass is 16.5. The number of carbonyl (C=O) groups excluding carboxylic acids is 1. The minimum atomic E-state index is -0.269. The topological polar surface area (TPSA) is 65.6 Å². The number of benzene rings is 1. The summed E-state index contributed by atoms with van der Waals surface area (Å²) in [6, 6.07) is 10.4. The van der Waals surface area contributed by atoms with Crippen LogP contribution in [-0.2, 0) is 9.53 Å². The number of nitrogens with zero attached hydrogens (tertiary/aromatic N) is 1. The number of piperidine rings is 2. The predicted octanol–water partition coefficient (Wildman–Crippen LogP) is 4.71. The first-order chi connectivity index (χ1) is 16.6. The highest BCUT2D eigenvalue weighted by Crippen LogP contribution is 2.39. The van der Waals surface area contributed by atoms with Gasteiger partial charge in [-0.25, -0.2) is 4.79 Å². The molecule has 2 heterocycles. The molecule has 0 atom stereocenters. The third-order valence-electron chi connectivity index (χ3n) is 7.68. The second kappa shape index (κ2) is 10.8. The molecule has 0 spiro atoms. The van der Waals surface area contributed by atoms with E-state index in [4.69, 9.17) is 4.74 Å². The Morgan fingerprint density at radius 2 is 1.53 bits per heavy atom. The number of likely N-dealkylation sites (N-methyl/N-ethyl adjacent to an activating group) is 1. The first-order valence-corrected chi connectivity index (χ1v) is 13.6. The molecule has 202 valence electrons. The Morgan fingerprint density at radius 1 is 0.972 bits per heavy atom. The first-order valence-electron chi connectivity index (χ1n) is 13.6. The molecule has 6 heteroatoms. The molecule has 0 amide bonds. The van der Waals surface area contributed by atoms with Crippen LogP contribution < -0.4 is 16.0 Å². The molecule has 3 rings (SSSR count). The van der Waals surface area contributed by atoms with Crippen LogP contribution in [0.3, 0.4) is 0 Å². The number of likely N-dealkylation sites (tertiary alicyclic amines) is 1. The van der Waals surface area contributed by atoms with Gasteiger partial charge in [0.05, 0.1) is 0 Å². The zero-order chi connectivity index (χ0) is 26.8. The number of esters is 1. The maximum Gasteiger partial charge on any atom is 0.333 e. The lowest BCUT2D eigenvalue weighted by atomic mass is 9.78. The summed E-state index contributed by atoms with van der Waals surface area (Å²) in [4.78, 5) is 15.8. The van der Waals surface area contributed by atoms with Gasteiger partial charge in [-0.3, -0.25) is 4.90 Å². The summed E-state index contributed by atoms with van der Waals surface area (Å²) in [5.74, 6) is -0.269. The van der Waals surface area contributed by atoms with Crippen molar-refractivity contribution in [1.82, 2.24) is 20.9 Å². The molecule has 3 N–H and O–H groups in total.